The summed E-state index contributed by atoms with van der Waals surface area (Å²) in [4.78, 5) is 28.2. The molecule has 1 aliphatic rings. The summed E-state index contributed by atoms with van der Waals surface area (Å²) in [7, 11) is 3.25. The monoisotopic (exact) mass is 438 g/mol. The summed E-state index contributed by atoms with van der Waals surface area (Å²) in [6.45, 7) is 6.09. The van der Waals surface area contributed by atoms with Gasteiger partial charge in [-0.2, -0.15) is 0 Å². The maximum absolute atomic E-state index is 13.4. The van der Waals surface area contributed by atoms with E-state index in [1.54, 1.807) is 14.2 Å². The molecule has 0 saturated heterocycles. The molecular formula is C26H34N2O4. The number of rotatable bonds is 8. The topological polar surface area (TPSA) is 67.9 Å². The van der Waals surface area contributed by atoms with E-state index < -0.39 is 0 Å². The molecule has 1 aliphatic heterocycles. The van der Waals surface area contributed by atoms with Crippen LogP contribution >= 0.6 is 0 Å². The van der Waals surface area contributed by atoms with Crippen molar-refractivity contribution in [2.45, 2.75) is 64.5 Å². The Hall–Kier alpha value is -3.02. The standard InChI is InChI=1S/C26H34N2O4/c1-6-17(2)27-26(30)22-15-18(3)28(23-10-8-7-9-21(22)23)25(29)14-11-19-16-20(31-4)12-13-24(19)32-5/h7-10,12-13,16-18,22H,6,11,14-15H2,1-5H3,(H,27,30)/t17-,18-,22+/m0/s1. The quantitative estimate of drug-likeness (QED) is 0.661. The molecule has 0 bridgehead atoms. The zero-order valence-electron chi connectivity index (χ0n) is 19.7. The van der Waals surface area contributed by atoms with Crippen LogP contribution in [0, 0.1) is 0 Å². The molecule has 3 rings (SSSR count). The van der Waals surface area contributed by atoms with Gasteiger partial charge in [0.05, 0.1) is 20.1 Å². The highest BCUT2D eigenvalue weighted by molar-refractivity contribution is 5.98. The van der Waals surface area contributed by atoms with Crippen LogP contribution in [0.25, 0.3) is 0 Å². The van der Waals surface area contributed by atoms with Crippen molar-refractivity contribution in [3.8, 4) is 11.5 Å². The van der Waals surface area contributed by atoms with E-state index in [0.717, 1.165) is 34.7 Å². The van der Waals surface area contributed by atoms with Crippen LogP contribution in [0.5, 0.6) is 11.5 Å². The Morgan fingerprint density at radius 3 is 2.59 bits per heavy atom. The van der Waals surface area contributed by atoms with Crippen molar-refractivity contribution in [3.05, 3.63) is 53.6 Å². The second-order valence-electron chi connectivity index (χ2n) is 8.46. The largest absolute Gasteiger partial charge is 0.497 e. The van der Waals surface area contributed by atoms with Crippen LogP contribution in [0.4, 0.5) is 5.69 Å². The van der Waals surface area contributed by atoms with E-state index in [1.165, 1.54) is 0 Å². The molecule has 0 saturated carbocycles. The van der Waals surface area contributed by atoms with Gasteiger partial charge in [0.2, 0.25) is 11.8 Å². The summed E-state index contributed by atoms with van der Waals surface area (Å²) in [5.74, 6) is 1.30. The van der Waals surface area contributed by atoms with Gasteiger partial charge in [0.1, 0.15) is 11.5 Å². The van der Waals surface area contributed by atoms with Gasteiger partial charge in [-0.25, -0.2) is 0 Å². The Kier molecular flexibility index (Phi) is 7.78. The number of nitrogens with one attached hydrogen (secondary N) is 1. The molecule has 172 valence electrons. The number of para-hydroxylation sites is 1. The number of benzene rings is 2. The van der Waals surface area contributed by atoms with Crippen LogP contribution in [-0.2, 0) is 16.0 Å². The van der Waals surface area contributed by atoms with Gasteiger partial charge in [0.15, 0.2) is 0 Å². The lowest BCUT2D eigenvalue weighted by molar-refractivity contribution is -0.124. The van der Waals surface area contributed by atoms with Crippen LogP contribution in [0.2, 0.25) is 0 Å². The van der Waals surface area contributed by atoms with E-state index >= 15 is 0 Å². The third kappa shape index (κ3) is 5.06. The Balaban J connectivity index is 1.81. The Bertz CT molecular complexity index is 959. The van der Waals surface area contributed by atoms with Gasteiger partial charge in [0, 0.05) is 24.2 Å². The molecule has 0 radical (unpaired) electrons. The fraction of sp³-hybridized carbons (Fsp3) is 0.462. The number of amides is 2. The molecule has 1 heterocycles. The van der Waals surface area contributed by atoms with E-state index in [0.29, 0.717) is 19.3 Å². The first kappa shape index (κ1) is 23.6. The number of aryl methyl sites for hydroxylation is 1. The van der Waals surface area contributed by atoms with Gasteiger partial charge in [-0.3, -0.25) is 9.59 Å². The lowest BCUT2D eigenvalue weighted by Crippen LogP contribution is -2.47. The van der Waals surface area contributed by atoms with Gasteiger partial charge in [-0.1, -0.05) is 25.1 Å². The summed E-state index contributed by atoms with van der Waals surface area (Å²) < 4.78 is 10.8. The number of hydrogen-bond acceptors (Lipinski definition) is 4. The molecule has 0 aliphatic carbocycles. The van der Waals surface area contributed by atoms with E-state index in [9.17, 15) is 9.59 Å². The van der Waals surface area contributed by atoms with E-state index in [2.05, 4.69) is 12.2 Å². The van der Waals surface area contributed by atoms with Gasteiger partial charge in [0.25, 0.3) is 0 Å². The molecule has 0 fully saturated rings. The van der Waals surface area contributed by atoms with Crippen LogP contribution in [0.1, 0.15) is 57.1 Å². The molecule has 6 heteroatoms. The van der Waals surface area contributed by atoms with Crippen LogP contribution in [0.15, 0.2) is 42.5 Å². The van der Waals surface area contributed by atoms with Gasteiger partial charge in [-0.15, -0.1) is 0 Å². The number of carbonyl (C=O) groups is 2. The summed E-state index contributed by atoms with van der Waals surface area (Å²) in [6.07, 6.45) is 2.37. The van der Waals surface area contributed by atoms with E-state index in [4.69, 9.17) is 9.47 Å². The zero-order chi connectivity index (χ0) is 23.3. The number of carbonyl (C=O) groups excluding carboxylic acids is 2. The molecule has 0 spiro atoms. The summed E-state index contributed by atoms with van der Waals surface area (Å²) in [5.41, 5.74) is 2.68. The predicted octanol–water partition coefficient (Wildman–Crippen LogP) is 4.46. The van der Waals surface area contributed by atoms with Gasteiger partial charge >= 0.3 is 0 Å². The lowest BCUT2D eigenvalue weighted by Gasteiger charge is -2.39. The first-order valence-electron chi connectivity index (χ1n) is 11.3. The van der Waals surface area contributed by atoms with Crippen molar-refractivity contribution in [2.75, 3.05) is 19.1 Å². The van der Waals surface area contributed by atoms with Crippen LogP contribution in [-0.4, -0.2) is 38.1 Å². The highest BCUT2D eigenvalue weighted by Gasteiger charge is 2.36. The fourth-order valence-corrected chi connectivity index (χ4v) is 4.33. The van der Waals surface area contributed by atoms with E-state index in [-0.39, 0.29) is 29.8 Å². The van der Waals surface area contributed by atoms with Gasteiger partial charge < -0.3 is 19.7 Å². The minimum absolute atomic E-state index is 0.0341. The third-order valence-electron chi connectivity index (χ3n) is 6.27. The molecule has 2 aromatic carbocycles. The Labute approximate surface area is 190 Å². The number of ether oxygens (including phenoxy) is 2. The molecule has 2 aromatic rings. The number of fused-ring (bicyclic) bond motifs is 1. The lowest BCUT2D eigenvalue weighted by atomic mass is 9.85. The van der Waals surface area contributed by atoms with Crippen molar-refractivity contribution in [1.29, 1.82) is 0 Å². The number of nitrogens with zero attached hydrogens (tertiary/aromatic N) is 1. The van der Waals surface area contributed by atoms with Crippen LogP contribution in [0.3, 0.4) is 0 Å². The molecule has 3 atom stereocenters. The van der Waals surface area contributed by atoms with Gasteiger partial charge in [-0.05, 0) is 68.5 Å². The summed E-state index contributed by atoms with van der Waals surface area (Å²) >= 11 is 0. The second-order valence-corrected chi connectivity index (χ2v) is 8.46. The summed E-state index contributed by atoms with van der Waals surface area (Å²) in [5, 5.41) is 3.11. The Morgan fingerprint density at radius 1 is 1.16 bits per heavy atom. The molecule has 1 N–H and O–H groups in total. The number of methoxy groups -OCH3 is 2. The van der Waals surface area contributed by atoms with E-state index in [1.807, 2.05) is 61.2 Å². The number of hydrogen-bond donors (Lipinski definition) is 1. The molecule has 32 heavy (non-hydrogen) atoms. The molecule has 6 nitrogen and oxygen atoms in total. The zero-order valence-corrected chi connectivity index (χ0v) is 19.7. The van der Waals surface area contributed by atoms with Crippen LogP contribution < -0.4 is 19.7 Å². The predicted molar refractivity (Wildman–Crippen MR) is 127 cm³/mol. The second kappa shape index (κ2) is 10.5. The molecular weight excluding hydrogens is 404 g/mol. The fourth-order valence-electron chi connectivity index (χ4n) is 4.33. The average molecular weight is 439 g/mol. The minimum Gasteiger partial charge on any atom is -0.497 e. The smallest absolute Gasteiger partial charge is 0.227 e. The molecule has 0 unspecified atom stereocenters. The summed E-state index contributed by atoms with van der Waals surface area (Å²) in [6, 6.07) is 13.4. The highest BCUT2D eigenvalue weighted by Crippen LogP contribution is 2.39. The van der Waals surface area contributed by atoms with Crippen molar-refractivity contribution >= 4 is 17.5 Å². The average Bonchev–Trinajstić information content (AvgIpc) is 2.81. The molecule has 2 amide bonds. The highest BCUT2D eigenvalue weighted by atomic mass is 16.5. The third-order valence-corrected chi connectivity index (χ3v) is 6.27. The normalized spacial score (nSPS) is 18.5. The maximum atomic E-state index is 13.4. The SMILES string of the molecule is CC[C@H](C)NC(=O)[C@@H]1C[C@H](C)N(C(=O)CCc2cc(OC)ccc2OC)c2ccccc21. The maximum Gasteiger partial charge on any atom is 0.227 e. The first-order chi connectivity index (χ1) is 15.4. The minimum atomic E-state index is -0.252. The Morgan fingerprint density at radius 2 is 1.91 bits per heavy atom. The van der Waals surface area contributed by atoms with Crippen molar-refractivity contribution < 1.29 is 19.1 Å². The van der Waals surface area contributed by atoms with Crippen molar-refractivity contribution in [3.63, 3.8) is 0 Å². The number of anilines is 1. The van der Waals surface area contributed by atoms with Crippen molar-refractivity contribution in [2.24, 2.45) is 0 Å². The van der Waals surface area contributed by atoms with Crippen molar-refractivity contribution in [1.82, 2.24) is 5.32 Å². The molecule has 0 aromatic heterocycles. The first-order valence-corrected chi connectivity index (χ1v) is 11.3.